The van der Waals surface area contributed by atoms with E-state index in [9.17, 15) is 4.79 Å². The van der Waals surface area contributed by atoms with Crippen molar-refractivity contribution in [3.63, 3.8) is 0 Å². The molecule has 1 unspecified atom stereocenters. The Morgan fingerprint density at radius 3 is 2.77 bits per heavy atom. The van der Waals surface area contributed by atoms with E-state index in [4.69, 9.17) is 0 Å². The molecule has 3 heteroatoms. The second-order valence-corrected chi connectivity index (χ2v) is 4.28. The third-order valence-electron chi connectivity index (χ3n) is 3.08. The van der Waals surface area contributed by atoms with E-state index in [-0.39, 0.29) is 11.9 Å². The summed E-state index contributed by atoms with van der Waals surface area (Å²) in [4.78, 5) is 11.6. The van der Waals surface area contributed by atoms with Crippen LogP contribution >= 0.6 is 0 Å². The number of hydrogen-bond acceptors (Lipinski definition) is 2. The number of nitrogens with one attached hydrogen (secondary N) is 2. The first kappa shape index (κ1) is 9.00. The zero-order chi connectivity index (χ0) is 9.26. The minimum Gasteiger partial charge on any atom is -0.352 e. The second-order valence-electron chi connectivity index (χ2n) is 4.28. The Hall–Kier alpha value is -0.570. The molecule has 2 atom stereocenters. The van der Waals surface area contributed by atoms with Crippen LogP contribution in [0.25, 0.3) is 0 Å². The van der Waals surface area contributed by atoms with Gasteiger partial charge in [-0.25, -0.2) is 0 Å². The van der Waals surface area contributed by atoms with Gasteiger partial charge < -0.3 is 10.6 Å². The van der Waals surface area contributed by atoms with Crippen LogP contribution < -0.4 is 10.6 Å². The van der Waals surface area contributed by atoms with Crippen LogP contribution in [0, 0.1) is 5.92 Å². The maximum Gasteiger partial charge on any atom is 0.237 e. The Kier molecular flexibility index (Phi) is 2.54. The lowest BCUT2D eigenvalue weighted by Crippen LogP contribution is -2.44. The topological polar surface area (TPSA) is 41.1 Å². The highest BCUT2D eigenvalue weighted by Crippen LogP contribution is 2.32. The molecule has 1 amide bonds. The fraction of sp³-hybridized carbons (Fsp3) is 0.900. The lowest BCUT2D eigenvalue weighted by atomic mass is 10.1. The summed E-state index contributed by atoms with van der Waals surface area (Å²) in [5.74, 6) is 0.960. The SMILES string of the molecule is CC(NC(=O)[C@H]1CCCN1)C1CC1. The molecule has 2 rings (SSSR count). The average molecular weight is 182 g/mol. The molecule has 1 aliphatic heterocycles. The van der Waals surface area contributed by atoms with Crippen molar-refractivity contribution in [2.75, 3.05) is 6.54 Å². The fourth-order valence-electron chi connectivity index (χ4n) is 1.95. The minimum atomic E-state index is 0.0844. The molecular formula is C10H18N2O. The third-order valence-corrected chi connectivity index (χ3v) is 3.08. The largest absolute Gasteiger partial charge is 0.352 e. The molecule has 0 spiro atoms. The maximum absolute atomic E-state index is 11.6. The van der Waals surface area contributed by atoms with Crippen LogP contribution in [-0.4, -0.2) is 24.5 Å². The van der Waals surface area contributed by atoms with Crippen molar-refractivity contribution in [3.05, 3.63) is 0 Å². The highest BCUT2D eigenvalue weighted by atomic mass is 16.2. The van der Waals surface area contributed by atoms with E-state index in [1.165, 1.54) is 12.8 Å². The molecule has 74 valence electrons. The Morgan fingerprint density at radius 1 is 1.46 bits per heavy atom. The summed E-state index contributed by atoms with van der Waals surface area (Å²) in [6.07, 6.45) is 4.72. The summed E-state index contributed by atoms with van der Waals surface area (Å²) in [6.45, 7) is 3.11. The number of amides is 1. The molecule has 0 bridgehead atoms. The average Bonchev–Trinajstić information content (AvgIpc) is 2.81. The van der Waals surface area contributed by atoms with Crippen LogP contribution in [0.5, 0.6) is 0 Å². The predicted molar refractivity (Wildman–Crippen MR) is 51.4 cm³/mol. The van der Waals surface area contributed by atoms with Crippen molar-refractivity contribution >= 4 is 5.91 Å². The summed E-state index contributed by atoms with van der Waals surface area (Å²) in [6, 6.07) is 0.469. The van der Waals surface area contributed by atoms with Gasteiger partial charge >= 0.3 is 0 Å². The Labute approximate surface area is 79.3 Å². The lowest BCUT2D eigenvalue weighted by molar-refractivity contribution is -0.123. The number of hydrogen-bond donors (Lipinski definition) is 2. The third kappa shape index (κ3) is 2.21. The van der Waals surface area contributed by atoms with E-state index < -0.39 is 0 Å². The Morgan fingerprint density at radius 2 is 2.23 bits per heavy atom. The molecular weight excluding hydrogens is 164 g/mol. The van der Waals surface area contributed by atoms with Crippen LogP contribution in [0.1, 0.15) is 32.6 Å². The van der Waals surface area contributed by atoms with Gasteiger partial charge in [0.15, 0.2) is 0 Å². The Balaban J connectivity index is 1.76. The molecule has 2 aliphatic rings. The second kappa shape index (κ2) is 3.66. The van der Waals surface area contributed by atoms with Crippen LogP contribution in [0.15, 0.2) is 0 Å². The van der Waals surface area contributed by atoms with Crippen LogP contribution in [-0.2, 0) is 4.79 Å². The van der Waals surface area contributed by atoms with Crippen molar-refractivity contribution in [1.29, 1.82) is 0 Å². The molecule has 0 aromatic carbocycles. The van der Waals surface area contributed by atoms with Gasteiger partial charge in [0.05, 0.1) is 6.04 Å². The van der Waals surface area contributed by atoms with E-state index >= 15 is 0 Å². The molecule has 0 aromatic rings. The highest BCUT2D eigenvalue weighted by molar-refractivity contribution is 5.82. The van der Waals surface area contributed by atoms with Gasteiger partial charge in [0.1, 0.15) is 0 Å². The molecule has 1 saturated heterocycles. The summed E-state index contributed by atoms with van der Waals surface area (Å²) in [5.41, 5.74) is 0. The lowest BCUT2D eigenvalue weighted by Gasteiger charge is -2.16. The number of carbonyl (C=O) groups excluding carboxylic acids is 1. The first-order valence-corrected chi connectivity index (χ1v) is 5.31. The molecule has 3 nitrogen and oxygen atoms in total. The number of rotatable bonds is 3. The van der Waals surface area contributed by atoms with E-state index in [2.05, 4.69) is 17.6 Å². The van der Waals surface area contributed by atoms with Crippen LogP contribution in [0.2, 0.25) is 0 Å². The molecule has 0 aromatic heterocycles. The van der Waals surface area contributed by atoms with Crippen molar-refractivity contribution in [1.82, 2.24) is 10.6 Å². The Bertz CT molecular complexity index is 195. The van der Waals surface area contributed by atoms with E-state index in [1.54, 1.807) is 0 Å². The zero-order valence-corrected chi connectivity index (χ0v) is 8.18. The van der Waals surface area contributed by atoms with Gasteiger partial charge in [-0.3, -0.25) is 4.79 Å². The quantitative estimate of drug-likeness (QED) is 0.673. The van der Waals surface area contributed by atoms with Gasteiger partial charge in [-0.2, -0.15) is 0 Å². The van der Waals surface area contributed by atoms with Gasteiger partial charge in [0.25, 0.3) is 0 Å². The standard InChI is InChI=1S/C10H18N2O/c1-7(8-4-5-8)12-10(13)9-3-2-6-11-9/h7-9,11H,2-6H2,1H3,(H,12,13)/t7?,9-/m1/s1. The summed E-state index contributed by atoms with van der Waals surface area (Å²) >= 11 is 0. The maximum atomic E-state index is 11.6. The minimum absolute atomic E-state index is 0.0844. The summed E-state index contributed by atoms with van der Waals surface area (Å²) in [5, 5.41) is 6.29. The van der Waals surface area contributed by atoms with Gasteiger partial charge in [-0.05, 0) is 45.1 Å². The van der Waals surface area contributed by atoms with Gasteiger partial charge in [0, 0.05) is 6.04 Å². The van der Waals surface area contributed by atoms with Gasteiger partial charge in [-0.1, -0.05) is 0 Å². The highest BCUT2D eigenvalue weighted by Gasteiger charge is 2.31. The molecule has 0 radical (unpaired) electrons. The first-order valence-electron chi connectivity index (χ1n) is 5.31. The number of carbonyl (C=O) groups is 1. The van der Waals surface area contributed by atoms with Crippen molar-refractivity contribution in [3.8, 4) is 0 Å². The van der Waals surface area contributed by atoms with E-state index in [0.717, 1.165) is 25.3 Å². The zero-order valence-electron chi connectivity index (χ0n) is 8.18. The van der Waals surface area contributed by atoms with Crippen LogP contribution in [0.3, 0.4) is 0 Å². The predicted octanol–water partition coefficient (Wildman–Crippen LogP) is 0.653. The smallest absolute Gasteiger partial charge is 0.237 e. The van der Waals surface area contributed by atoms with Crippen molar-refractivity contribution < 1.29 is 4.79 Å². The molecule has 1 saturated carbocycles. The molecule has 2 N–H and O–H groups in total. The molecule has 1 heterocycles. The van der Waals surface area contributed by atoms with Gasteiger partial charge in [0.2, 0.25) is 5.91 Å². The van der Waals surface area contributed by atoms with E-state index in [0.29, 0.717) is 6.04 Å². The molecule has 2 fully saturated rings. The fourth-order valence-corrected chi connectivity index (χ4v) is 1.95. The molecule has 13 heavy (non-hydrogen) atoms. The van der Waals surface area contributed by atoms with Crippen molar-refractivity contribution in [2.45, 2.75) is 44.7 Å². The summed E-state index contributed by atoms with van der Waals surface area (Å²) < 4.78 is 0. The normalized spacial score (nSPS) is 30.1. The summed E-state index contributed by atoms with van der Waals surface area (Å²) in [7, 11) is 0. The van der Waals surface area contributed by atoms with E-state index in [1.807, 2.05) is 0 Å². The van der Waals surface area contributed by atoms with Crippen LogP contribution in [0.4, 0.5) is 0 Å². The van der Waals surface area contributed by atoms with Crippen molar-refractivity contribution in [2.24, 2.45) is 5.92 Å². The first-order chi connectivity index (χ1) is 6.27. The monoisotopic (exact) mass is 182 g/mol. The van der Waals surface area contributed by atoms with Gasteiger partial charge in [-0.15, -0.1) is 0 Å². The molecule has 1 aliphatic carbocycles.